The van der Waals surface area contributed by atoms with Crippen molar-refractivity contribution in [1.29, 1.82) is 0 Å². The van der Waals surface area contributed by atoms with Crippen molar-refractivity contribution >= 4 is 6.21 Å². The average molecular weight is 141 g/mol. The smallest absolute Gasteiger partial charge is 0.0497 e. The quantitative estimate of drug-likeness (QED) is 0.534. The minimum absolute atomic E-state index is 0.734. The molecule has 0 unspecified atom stereocenters. The number of aliphatic imine (C=N–C) groups is 1. The molecule has 1 saturated heterocycles. The van der Waals surface area contributed by atoms with E-state index in [2.05, 4.69) is 4.99 Å². The van der Waals surface area contributed by atoms with E-state index in [4.69, 9.17) is 4.74 Å². The molecule has 10 heavy (non-hydrogen) atoms. The topological polar surface area (TPSA) is 21.6 Å². The van der Waals surface area contributed by atoms with E-state index in [1.807, 2.05) is 13.3 Å². The Labute approximate surface area is 62.3 Å². The van der Waals surface area contributed by atoms with Gasteiger partial charge in [-0.25, -0.2) is 0 Å². The fourth-order valence-corrected chi connectivity index (χ4v) is 1.25. The normalized spacial score (nSPS) is 27.5. The van der Waals surface area contributed by atoms with Gasteiger partial charge < -0.3 is 9.73 Å². The Morgan fingerprint density at radius 1 is 1.70 bits per heavy atom. The van der Waals surface area contributed by atoms with Gasteiger partial charge in [-0.1, -0.05) is 0 Å². The summed E-state index contributed by atoms with van der Waals surface area (Å²) < 4.78 is 5.32. The van der Waals surface area contributed by atoms with Crippen LogP contribution in [0.2, 0.25) is 0 Å². The van der Waals surface area contributed by atoms with Crippen molar-refractivity contribution in [2.45, 2.75) is 19.3 Å². The van der Waals surface area contributed by atoms with Crippen molar-refractivity contribution in [2.24, 2.45) is 10.9 Å². The standard InChI is InChI=1S/C8H15NO/c1-9-5-4-8-3-2-6-10-7-8/h5,8H,2-4,6-7H2,1H3/t8-/m1/s1. The van der Waals surface area contributed by atoms with Gasteiger partial charge in [0.2, 0.25) is 0 Å². The van der Waals surface area contributed by atoms with Gasteiger partial charge in [-0.3, -0.25) is 0 Å². The van der Waals surface area contributed by atoms with E-state index in [-0.39, 0.29) is 0 Å². The fourth-order valence-electron chi connectivity index (χ4n) is 1.25. The molecule has 0 spiro atoms. The van der Waals surface area contributed by atoms with Gasteiger partial charge in [-0.15, -0.1) is 0 Å². The van der Waals surface area contributed by atoms with Crippen molar-refractivity contribution in [3.05, 3.63) is 0 Å². The SMILES string of the molecule is CN=CC[C@H]1CCCOC1. The van der Waals surface area contributed by atoms with E-state index in [9.17, 15) is 0 Å². The molecule has 0 radical (unpaired) electrons. The number of hydrogen-bond acceptors (Lipinski definition) is 2. The van der Waals surface area contributed by atoms with Gasteiger partial charge in [0, 0.05) is 20.3 Å². The van der Waals surface area contributed by atoms with Gasteiger partial charge >= 0.3 is 0 Å². The van der Waals surface area contributed by atoms with Crippen LogP contribution in [0.4, 0.5) is 0 Å². The highest BCUT2D eigenvalue weighted by molar-refractivity contribution is 5.57. The first-order valence-corrected chi connectivity index (χ1v) is 3.92. The molecule has 0 saturated carbocycles. The second-order valence-corrected chi connectivity index (χ2v) is 2.76. The Kier molecular flexibility index (Phi) is 3.44. The molecule has 0 aromatic carbocycles. The minimum Gasteiger partial charge on any atom is -0.381 e. The van der Waals surface area contributed by atoms with Gasteiger partial charge in [0.15, 0.2) is 0 Å². The fraction of sp³-hybridized carbons (Fsp3) is 0.875. The third kappa shape index (κ3) is 2.48. The summed E-state index contributed by atoms with van der Waals surface area (Å²) in [5, 5.41) is 0. The monoisotopic (exact) mass is 141 g/mol. The van der Waals surface area contributed by atoms with E-state index in [1.54, 1.807) is 0 Å². The third-order valence-corrected chi connectivity index (χ3v) is 1.88. The van der Waals surface area contributed by atoms with E-state index in [0.29, 0.717) is 0 Å². The Morgan fingerprint density at radius 3 is 3.20 bits per heavy atom. The van der Waals surface area contributed by atoms with Crippen LogP contribution in [0.25, 0.3) is 0 Å². The zero-order chi connectivity index (χ0) is 7.23. The average Bonchev–Trinajstić information content (AvgIpc) is 2.03. The highest BCUT2D eigenvalue weighted by Crippen LogP contribution is 2.15. The maximum atomic E-state index is 5.32. The minimum atomic E-state index is 0.734. The van der Waals surface area contributed by atoms with E-state index in [0.717, 1.165) is 25.6 Å². The zero-order valence-corrected chi connectivity index (χ0v) is 6.55. The van der Waals surface area contributed by atoms with Crippen LogP contribution in [0.3, 0.4) is 0 Å². The van der Waals surface area contributed by atoms with Crippen LogP contribution in [-0.4, -0.2) is 26.5 Å². The van der Waals surface area contributed by atoms with Crippen LogP contribution in [0.1, 0.15) is 19.3 Å². The van der Waals surface area contributed by atoms with Crippen molar-refractivity contribution in [3.63, 3.8) is 0 Å². The number of nitrogens with zero attached hydrogens (tertiary/aromatic N) is 1. The molecule has 0 N–H and O–H groups in total. The molecule has 2 heteroatoms. The first kappa shape index (κ1) is 7.73. The molecule has 0 aromatic heterocycles. The molecule has 1 rings (SSSR count). The molecule has 1 aliphatic rings. The van der Waals surface area contributed by atoms with Gasteiger partial charge in [0.05, 0.1) is 0 Å². The second-order valence-electron chi connectivity index (χ2n) is 2.76. The third-order valence-electron chi connectivity index (χ3n) is 1.88. The summed E-state index contributed by atoms with van der Waals surface area (Å²) in [5.74, 6) is 0.734. The largest absolute Gasteiger partial charge is 0.381 e. The molecule has 1 heterocycles. The number of rotatable bonds is 2. The zero-order valence-electron chi connectivity index (χ0n) is 6.55. The van der Waals surface area contributed by atoms with Crippen LogP contribution in [0, 0.1) is 5.92 Å². The van der Waals surface area contributed by atoms with Gasteiger partial charge in [-0.2, -0.15) is 0 Å². The van der Waals surface area contributed by atoms with Crippen LogP contribution in [0.15, 0.2) is 4.99 Å². The van der Waals surface area contributed by atoms with E-state index in [1.165, 1.54) is 12.8 Å². The molecule has 58 valence electrons. The summed E-state index contributed by atoms with van der Waals surface area (Å²) in [7, 11) is 1.82. The van der Waals surface area contributed by atoms with Crippen LogP contribution in [-0.2, 0) is 4.74 Å². The number of ether oxygens (including phenoxy) is 1. The summed E-state index contributed by atoms with van der Waals surface area (Å²) >= 11 is 0. The van der Waals surface area contributed by atoms with Crippen molar-refractivity contribution in [2.75, 3.05) is 20.3 Å². The number of hydrogen-bond donors (Lipinski definition) is 0. The first-order valence-electron chi connectivity index (χ1n) is 3.92. The summed E-state index contributed by atoms with van der Waals surface area (Å²) in [6.07, 6.45) is 5.62. The Bertz CT molecular complexity index is 106. The summed E-state index contributed by atoms with van der Waals surface area (Å²) in [6, 6.07) is 0. The molecule has 0 aliphatic carbocycles. The Hall–Kier alpha value is -0.370. The van der Waals surface area contributed by atoms with E-state index < -0.39 is 0 Å². The van der Waals surface area contributed by atoms with Crippen molar-refractivity contribution in [1.82, 2.24) is 0 Å². The maximum absolute atomic E-state index is 5.32. The summed E-state index contributed by atoms with van der Waals surface area (Å²) in [5.41, 5.74) is 0. The molecule has 1 fully saturated rings. The first-order chi connectivity index (χ1) is 4.93. The summed E-state index contributed by atoms with van der Waals surface area (Å²) in [6.45, 7) is 1.89. The Balaban J connectivity index is 2.13. The van der Waals surface area contributed by atoms with Gasteiger partial charge in [0.1, 0.15) is 0 Å². The van der Waals surface area contributed by atoms with Gasteiger partial charge in [0.25, 0.3) is 0 Å². The van der Waals surface area contributed by atoms with E-state index >= 15 is 0 Å². The van der Waals surface area contributed by atoms with Crippen molar-refractivity contribution in [3.8, 4) is 0 Å². The van der Waals surface area contributed by atoms with Crippen LogP contribution < -0.4 is 0 Å². The molecule has 0 aromatic rings. The molecular formula is C8H15NO. The molecule has 1 atom stereocenters. The highest BCUT2D eigenvalue weighted by Gasteiger charge is 2.11. The lowest BCUT2D eigenvalue weighted by Crippen LogP contribution is -2.17. The molecule has 1 aliphatic heterocycles. The molecule has 2 nitrogen and oxygen atoms in total. The lowest BCUT2D eigenvalue weighted by Gasteiger charge is -2.19. The predicted molar refractivity (Wildman–Crippen MR) is 42.6 cm³/mol. The Morgan fingerprint density at radius 2 is 2.60 bits per heavy atom. The summed E-state index contributed by atoms with van der Waals surface area (Å²) in [4.78, 5) is 3.95. The maximum Gasteiger partial charge on any atom is 0.0497 e. The second kappa shape index (κ2) is 4.45. The molecular weight excluding hydrogens is 126 g/mol. The predicted octanol–water partition coefficient (Wildman–Crippen LogP) is 1.50. The van der Waals surface area contributed by atoms with Gasteiger partial charge in [-0.05, 0) is 31.4 Å². The lowest BCUT2D eigenvalue weighted by molar-refractivity contribution is 0.0578. The highest BCUT2D eigenvalue weighted by atomic mass is 16.5. The molecule has 0 bridgehead atoms. The van der Waals surface area contributed by atoms with Crippen LogP contribution >= 0.6 is 0 Å². The van der Waals surface area contributed by atoms with Crippen molar-refractivity contribution < 1.29 is 4.74 Å². The lowest BCUT2D eigenvalue weighted by atomic mass is 9.99. The molecule has 0 amide bonds. The van der Waals surface area contributed by atoms with Crippen LogP contribution in [0.5, 0.6) is 0 Å².